The Balaban J connectivity index is 2.27. The average molecular weight is 225 g/mol. The van der Waals surface area contributed by atoms with E-state index in [9.17, 15) is 4.79 Å². The van der Waals surface area contributed by atoms with Crippen molar-refractivity contribution in [1.29, 1.82) is 5.26 Å². The first-order chi connectivity index (χ1) is 7.63. The molecule has 1 atom stereocenters. The van der Waals surface area contributed by atoms with Crippen LogP contribution in [0.25, 0.3) is 0 Å². The first-order valence-corrected chi connectivity index (χ1v) is 5.60. The van der Waals surface area contributed by atoms with E-state index in [0.717, 1.165) is 26.1 Å². The Kier molecular flexibility index (Phi) is 5.23. The molecule has 1 amide bonds. The Morgan fingerprint density at radius 3 is 2.81 bits per heavy atom. The fourth-order valence-electron chi connectivity index (χ4n) is 1.58. The Morgan fingerprint density at radius 1 is 1.62 bits per heavy atom. The van der Waals surface area contributed by atoms with Crippen LogP contribution in [0.5, 0.6) is 0 Å². The highest BCUT2D eigenvalue weighted by atomic mass is 16.5. The van der Waals surface area contributed by atoms with Crippen LogP contribution in [0.2, 0.25) is 0 Å². The van der Waals surface area contributed by atoms with Crippen molar-refractivity contribution < 1.29 is 9.53 Å². The van der Waals surface area contributed by atoms with Crippen molar-refractivity contribution in [3.05, 3.63) is 0 Å². The Bertz CT molecular complexity index is 269. The lowest BCUT2D eigenvalue weighted by molar-refractivity contribution is -0.123. The summed E-state index contributed by atoms with van der Waals surface area (Å²) in [7, 11) is 1.78. The van der Waals surface area contributed by atoms with E-state index in [1.165, 1.54) is 0 Å². The van der Waals surface area contributed by atoms with E-state index < -0.39 is 0 Å². The zero-order chi connectivity index (χ0) is 12.0. The van der Waals surface area contributed by atoms with Gasteiger partial charge in [0.2, 0.25) is 5.91 Å². The largest absolute Gasteiger partial charge is 0.381 e. The molecule has 90 valence electrons. The van der Waals surface area contributed by atoms with Crippen molar-refractivity contribution in [2.24, 2.45) is 0 Å². The number of carbonyl (C=O) groups excluding carboxylic acids is 1. The minimum absolute atomic E-state index is 0.0171. The monoisotopic (exact) mass is 225 g/mol. The minimum Gasteiger partial charge on any atom is -0.381 e. The molecule has 5 nitrogen and oxygen atoms in total. The number of hydrogen-bond donors (Lipinski definition) is 1. The van der Waals surface area contributed by atoms with Crippen LogP contribution in [0.1, 0.15) is 19.8 Å². The molecule has 1 heterocycles. The molecule has 16 heavy (non-hydrogen) atoms. The summed E-state index contributed by atoms with van der Waals surface area (Å²) in [5.74, 6) is -0.0171. The summed E-state index contributed by atoms with van der Waals surface area (Å²) in [6, 6.07) is 2.09. The maximum absolute atomic E-state index is 11.6. The van der Waals surface area contributed by atoms with Crippen LogP contribution < -0.4 is 5.32 Å². The van der Waals surface area contributed by atoms with Gasteiger partial charge in [-0.2, -0.15) is 5.26 Å². The van der Waals surface area contributed by atoms with E-state index in [0.29, 0.717) is 0 Å². The molecule has 0 spiro atoms. The van der Waals surface area contributed by atoms with Gasteiger partial charge in [-0.3, -0.25) is 9.69 Å². The molecular formula is C11H19N3O2. The molecule has 1 rings (SSSR count). The Hall–Kier alpha value is -1.12. The van der Waals surface area contributed by atoms with Gasteiger partial charge < -0.3 is 10.1 Å². The van der Waals surface area contributed by atoms with Gasteiger partial charge in [-0.1, -0.05) is 0 Å². The van der Waals surface area contributed by atoms with Gasteiger partial charge in [0.05, 0.1) is 18.7 Å². The summed E-state index contributed by atoms with van der Waals surface area (Å²) in [4.78, 5) is 13.4. The quantitative estimate of drug-likeness (QED) is 0.738. The molecule has 0 aromatic carbocycles. The van der Waals surface area contributed by atoms with Gasteiger partial charge in [0, 0.05) is 19.3 Å². The molecule has 1 N–H and O–H groups in total. The highest BCUT2D eigenvalue weighted by Crippen LogP contribution is 2.06. The second-order valence-corrected chi connectivity index (χ2v) is 4.17. The van der Waals surface area contributed by atoms with Gasteiger partial charge in [-0.15, -0.1) is 0 Å². The van der Waals surface area contributed by atoms with Crippen molar-refractivity contribution in [2.45, 2.75) is 31.8 Å². The topological polar surface area (TPSA) is 65.4 Å². The number of hydrogen-bond acceptors (Lipinski definition) is 4. The molecule has 1 aliphatic rings. The molecule has 1 saturated heterocycles. The SMILES string of the molecule is CC(C#N)N(C)CC(=O)NC1CCOCC1. The lowest BCUT2D eigenvalue weighted by Crippen LogP contribution is -2.44. The van der Waals surface area contributed by atoms with Crippen LogP contribution in [-0.2, 0) is 9.53 Å². The third kappa shape index (κ3) is 4.17. The number of nitriles is 1. The minimum atomic E-state index is -0.236. The van der Waals surface area contributed by atoms with Gasteiger partial charge in [0.1, 0.15) is 0 Å². The van der Waals surface area contributed by atoms with Gasteiger partial charge in [0.15, 0.2) is 0 Å². The second-order valence-electron chi connectivity index (χ2n) is 4.17. The number of nitrogens with one attached hydrogen (secondary N) is 1. The molecule has 0 bridgehead atoms. The van der Waals surface area contributed by atoms with Crippen LogP contribution in [0.15, 0.2) is 0 Å². The molecule has 5 heteroatoms. The maximum Gasteiger partial charge on any atom is 0.234 e. The molecule has 0 aromatic heterocycles. The van der Waals surface area contributed by atoms with Gasteiger partial charge in [-0.05, 0) is 26.8 Å². The number of ether oxygens (including phenoxy) is 1. The summed E-state index contributed by atoms with van der Waals surface area (Å²) in [5.41, 5.74) is 0. The average Bonchev–Trinajstić information content (AvgIpc) is 2.29. The number of likely N-dealkylation sites (N-methyl/N-ethyl adjacent to an activating group) is 1. The van der Waals surface area contributed by atoms with E-state index in [1.54, 1.807) is 18.9 Å². The summed E-state index contributed by atoms with van der Waals surface area (Å²) in [6.07, 6.45) is 1.76. The molecule has 0 radical (unpaired) electrons. The van der Waals surface area contributed by atoms with Crippen molar-refractivity contribution >= 4 is 5.91 Å². The van der Waals surface area contributed by atoms with Crippen molar-refractivity contribution in [3.63, 3.8) is 0 Å². The molecule has 0 aromatic rings. The van der Waals surface area contributed by atoms with Crippen molar-refractivity contribution in [2.75, 3.05) is 26.8 Å². The van der Waals surface area contributed by atoms with Crippen molar-refractivity contribution in [3.8, 4) is 6.07 Å². The fraction of sp³-hybridized carbons (Fsp3) is 0.818. The van der Waals surface area contributed by atoms with Crippen LogP contribution in [0, 0.1) is 11.3 Å². The summed E-state index contributed by atoms with van der Waals surface area (Å²) in [6.45, 7) is 3.48. The smallest absolute Gasteiger partial charge is 0.234 e. The number of nitrogens with zero attached hydrogens (tertiary/aromatic N) is 2. The first kappa shape index (κ1) is 12.9. The van der Waals surface area contributed by atoms with Gasteiger partial charge in [0.25, 0.3) is 0 Å². The lowest BCUT2D eigenvalue weighted by atomic mass is 10.1. The predicted molar refractivity (Wildman–Crippen MR) is 59.7 cm³/mol. The van der Waals surface area contributed by atoms with E-state index in [2.05, 4.69) is 11.4 Å². The highest BCUT2D eigenvalue weighted by molar-refractivity contribution is 5.78. The first-order valence-electron chi connectivity index (χ1n) is 5.60. The zero-order valence-corrected chi connectivity index (χ0v) is 9.90. The molecule has 0 saturated carbocycles. The molecule has 1 unspecified atom stereocenters. The third-order valence-electron chi connectivity index (χ3n) is 2.83. The third-order valence-corrected chi connectivity index (χ3v) is 2.83. The molecule has 1 fully saturated rings. The Morgan fingerprint density at radius 2 is 2.25 bits per heavy atom. The number of amides is 1. The highest BCUT2D eigenvalue weighted by Gasteiger charge is 2.18. The van der Waals surface area contributed by atoms with Crippen molar-refractivity contribution in [1.82, 2.24) is 10.2 Å². The van der Waals surface area contributed by atoms with Gasteiger partial charge in [-0.25, -0.2) is 0 Å². The number of carbonyl (C=O) groups is 1. The van der Waals surface area contributed by atoms with Crippen LogP contribution in [0.4, 0.5) is 0 Å². The van der Waals surface area contributed by atoms with E-state index in [1.807, 2.05) is 0 Å². The van der Waals surface area contributed by atoms with E-state index in [-0.39, 0.29) is 24.5 Å². The zero-order valence-electron chi connectivity index (χ0n) is 9.90. The summed E-state index contributed by atoms with van der Waals surface area (Å²) in [5, 5.41) is 11.7. The summed E-state index contributed by atoms with van der Waals surface area (Å²) >= 11 is 0. The van der Waals surface area contributed by atoms with Crippen LogP contribution in [-0.4, -0.2) is 49.7 Å². The number of rotatable bonds is 4. The van der Waals surface area contributed by atoms with Gasteiger partial charge >= 0.3 is 0 Å². The Labute approximate surface area is 96.4 Å². The standard InChI is InChI=1S/C11H19N3O2/c1-9(7-12)14(2)8-11(15)13-10-3-5-16-6-4-10/h9-10H,3-6,8H2,1-2H3,(H,13,15). The lowest BCUT2D eigenvalue weighted by Gasteiger charge is -2.25. The van der Waals surface area contributed by atoms with Crippen LogP contribution in [0.3, 0.4) is 0 Å². The molecule has 1 aliphatic heterocycles. The molecular weight excluding hydrogens is 206 g/mol. The fourth-order valence-corrected chi connectivity index (χ4v) is 1.58. The van der Waals surface area contributed by atoms with E-state index in [4.69, 9.17) is 10.00 Å². The molecule has 0 aliphatic carbocycles. The normalized spacial score (nSPS) is 19.1. The van der Waals surface area contributed by atoms with Crippen LogP contribution >= 0.6 is 0 Å². The van der Waals surface area contributed by atoms with E-state index >= 15 is 0 Å². The second kappa shape index (κ2) is 6.46. The maximum atomic E-state index is 11.6. The summed E-state index contributed by atoms with van der Waals surface area (Å²) < 4.78 is 5.21. The predicted octanol–water partition coefficient (Wildman–Crippen LogP) is 0.125.